The molecule has 4 aromatic rings. The van der Waals surface area contributed by atoms with Crippen LogP contribution in [-0.2, 0) is 4.79 Å². The Morgan fingerprint density at radius 1 is 0.800 bits per heavy atom. The Morgan fingerprint density at radius 2 is 1.47 bits per heavy atom. The van der Waals surface area contributed by atoms with Gasteiger partial charge in [-0.2, -0.15) is 0 Å². The summed E-state index contributed by atoms with van der Waals surface area (Å²) in [5.41, 5.74) is 7.11. The van der Waals surface area contributed by atoms with Gasteiger partial charge >= 0.3 is 0 Å². The Labute approximate surface area is 176 Å². The number of benzene rings is 2. The third-order valence-electron chi connectivity index (χ3n) is 5.18. The average Bonchev–Trinajstić information content (AvgIpc) is 2.80. The van der Waals surface area contributed by atoms with Crippen LogP contribution in [0.5, 0.6) is 0 Å². The van der Waals surface area contributed by atoms with Crippen LogP contribution in [-0.4, -0.2) is 15.9 Å². The lowest BCUT2D eigenvalue weighted by Gasteiger charge is -2.14. The van der Waals surface area contributed by atoms with Crippen molar-refractivity contribution in [3.8, 4) is 22.3 Å². The van der Waals surface area contributed by atoms with Crippen LogP contribution in [0.3, 0.4) is 0 Å². The summed E-state index contributed by atoms with van der Waals surface area (Å²) in [5, 5.41) is 3.03. The minimum absolute atomic E-state index is 0.0330. The van der Waals surface area contributed by atoms with Gasteiger partial charge in [0.1, 0.15) is 0 Å². The number of rotatable bonds is 5. The first-order chi connectivity index (χ1) is 14.6. The van der Waals surface area contributed by atoms with Gasteiger partial charge in [-0.1, -0.05) is 36.4 Å². The van der Waals surface area contributed by atoms with E-state index in [2.05, 4.69) is 21.4 Å². The zero-order valence-electron chi connectivity index (χ0n) is 17.0. The van der Waals surface area contributed by atoms with E-state index in [1.807, 2.05) is 86.8 Å². The number of aromatic nitrogens is 2. The van der Waals surface area contributed by atoms with Gasteiger partial charge in [0.05, 0.1) is 5.92 Å². The number of hydrogen-bond donors (Lipinski definition) is 1. The molecule has 1 atom stereocenters. The normalized spacial score (nSPS) is 11.7. The molecule has 0 aliphatic rings. The second-order valence-electron chi connectivity index (χ2n) is 7.34. The molecule has 1 N–H and O–H groups in total. The van der Waals surface area contributed by atoms with Crippen molar-refractivity contribution in [2.45, 2.75) is 19.8 Å². The van der Waals surface area contributed by atoms with Crippen molar-refractivity contribution in [3.05, 3.63) is 103 Å². The number of anilines is 1. The van der Waals surface area contributed by atoms with E-state index in [4.69, 9.17) is 0 Å². The molecule has 2 aromatic carbocycles. The van der Waals surface area contributed by atoms with Crippen LogP contribution in [0.2, 0.25) is 0 Å². The van der Waals surface area contributed by atoms with Gasteiger partial charge in [-0.05, 0) is 78.1 Å². The maximum atomic E-state index is 12.8. The van der Waals surface area contributed by atoms with Crippen molar-refractivity contribution < 1.29 is 4.79 Å². The molecule has 30 heavy (non-hydrogen) atoms. The van der Waals surface area contributed by atoms with Crippen LogP contribution in [0, 0.1) is 6.92 Å². The Balaban J connectivity index is 1.47. The quantitative estimate of drug-likeness (QED) is 0.462. The van der Waals surface area contributed by atoms with Gasteiger partial charge in [0.15, 0.2) is 0 Å². The molecular weight excluding hydrogens is 370 g/mol. The summed E-state index contributed by atoms with van der Waals surface area (Å²) >= 11 is 0. The molecule has 0 aliphatic heterocycles. The molecule has 4 nitrogen and oxygen atoms in total. The highest BCUT2D eigenvalue weighted by molar-refractivity contribution is 5.96. The lowest BCUT2D eigenvalue weighted by Crippen LogP contribution is -2.18. The van der Waals surface area contributed by atoms with E-state index in [0.717, 1.165) is 39.2 Å². The molecule has 0 aliphatic carbocycles. The van der Waals surface area contributed by atoms with Crippen molar-refractivity contribution in [1.82, 2.24) is 9.97 Å². The number of nitrogens with one attached hydrogen (secondary N) is 1. The van der Waals surface area contributed by atoms with Crippen LogP contribution in [0.1, 0.15) is 24.1 Å². The summed E-state index contributed by atoms with van der Waals surface area (Å²) in [6.07, 6.45) is 5.35. The Hall–Kier alpha value is -3.79. The fourth-order valence-corrected chi connectivity index (χ4v) is 3.40. The van der Waals surface area contributed by atoms with E-state index in [1.54, 1.807) is 12.4 Å². The largest absolute Gasteiger partial charge is 0.326 e. The number of carbonyl (C=O) groups is 1. The topological polar surface area (TPSA) is 54.9 Å². The fraction of sp³-hybridized carbons (Fsp3) is 0.115. The van der Waals surface area contributed by atoms with Crippen molar-refractivity contribution in [1.29, 1.82) is 0 Å². The smallest absolute Gasteiger partial charge is 0.231 e. The third-order valence-corrected chi connectivity index (χ3v) is 5.18. The molecule has 4 heteroatoms. The van der Waals surface area contributed by atoms with E-state index in [-0.39, 0.29) is 11.8 Å². The van der Waals surface area contributed by atoms with Crippen LogP contribution in [0.25, 0.3) is 22.3 Å². The van der Waals surface area contributed by atoms with E-state index in [9.17, 15) is 4.79 Å². The number of aryl methyl sites for hydroxylation is 1. The molecule has 0 bridgehead atoms. The van der Waals surface area contributed by atoms with Crippen molar-refractivity contribution in [3.63, 3.8) is 0 Å². The zero-order chi connectivity index (χ0) is 20.9. The number of carbonyl (C=O) groups excluding carboxylic acids is 1. The predicted molar refractivity (Wildman–Crippen MR) is 121 cm³/mol. The molecule has 0 saturated heterocycles. The molecule has 4 rings (SSSR count). The van der Waals surface area contributed by atoms with Crippen LogP contribution < -0.4 is 5.32 Å². The van der Waals surface area contributed by atoms with Gasteiger partial charge in [-0.3, -0.25) is 14.8 Å². The molecule has 0 radical (unpaired) electrons. The molecule has 1 amide bonds. The molecule has 0 saturated carbocycles. The third kappa shape index (κ3) is 4.44. The Morgan fingerprint density at radius 3 is 2.20 bits per heavy atom. The second kappa shape index (κ2) is 8.70. The highest BCUT2D eigenvalue weighted by atomic mass is 16.1. The van der Waals surface area contributed by atoms with Crippen LogP contribution >= 0.6 is 0 Å². The lowest BCUT2D eigenvalue weighted by atomic mass is 9.96. The van der Waals surface area contributed by atoms with Crippen molar-refractivity contribution >= 4 is 11.6 Å². The maximum Gasteiger partial charge on any atom is 0.231 e. The highest BCUT2D eigenvalue weighted by Crippen LogP contribution is 2.26. The maximum absolute atomic E-state index is 12.8. The highest BCUT2D eigenvalue weighted by Gasteiger charge is 2.16. The summed E-state index contributed by atoms with van der Waals surface area (Å²) < 4.78 is 0. The monoisotopic (exact) mass is 393 g/mol. The average molecular weight is 393 g/mol. The first kappa shape index (κ1) is 19.5. The number of amides is 1. The van der Waals surface area contributed by atoms with Crippen LogP contribution in [0.15, 0.2) is 91.4 Å². The Kier molecular flexibility index (Phi) is 5.66. The van der Waals surface area contributed by atoms with E-state index < -0.39 is 0 Å². The summed E-state index contributed by atoms with van der Waals surface area (Å²) in [5.74, 6) is -0.302. The number of hydrogen-bond acceptors (Lipinski definition) is 3. The van der Waals surface area contributed by atoms with Gasteiger partial charge in [-0.15, -0.1) is 0 Å². The van der Waals surface area contributed by atoms with Gasteiger partial charge in [0, 0.05) is 30.0 Å². The standard InChI is InChI=1S/C26H23N3O/c1-18-16-24(12-15-28-18)20-6-8-25(9-7-20)29-26(30)19(2)22-4-3-5-23(17-22)21-10-13-27-14-11-21/h3-17,19H,1-2H3,(H,29,30)/t19-/m0/s1. The van der Waals surface area contributed by atoms with E-state index in [1.165, 1.54) is 0 Å². The summed E-state index contributed by atoms with van der Waals surface area (Å²) in [6, 6.07) is 23.9. The first-order valence-electron chi connectivity index (χ1n) is 9.94. The van der Waals surface area contributed by atoms with E-state index >= 15 is 0 Å². The summed E-state index contributed by atoms with van der Waals surface area (Å²) in [6.45, 7) is 3.90. The van der Waals surface area contributed by atoms with Crippen molar-refractivity contribution in [2.75, 3.05) is 5.32 Å². The predicted octanol–water partition coefficient (Wildman–Crippen LogP) is 5.86. The minimum Gasteiger partial charge on any atom is -0.326 e. The van der Waals surface area contributed by atoms with Gasteiger partial charge < -0.3 is 5.32 Å². The summed E-state index contributed by atoms with van der Waals surface area (Å²) in [7, 11) is 0. The van der Waals surface area contributed by atoms with Gasteiger partial charge in [0.2, 0.25) is 5.91 Å². The SMILES string of the molecule is Cc1cc(-c2ccc(NC(=O)[C@@H](C)c3cccc(-c4ccncc4)c3)cc2)ccn1. The molecule has 2 heterocycles. The minimum atomic E-state index is -0.269. The molecule has 148 valence electrons. The van der Waals surface area contributed by atoms with Crippen LogP contribution in [0.4, 0.5) is 5.69 Å². The van der Waals surface area contributed by atoms with E-state index in [0.29, 0.717) is 0 Å². The number of pyridine rings is 2. The molecule has 0 fully saturated rings. The first-order valence-corrected chi connectivity index (χ1v) is 9.94. The van der Waals surface area contributed by atoms with Gasteiger partial charge in [-0.25, -0.2) is 0 Å². The van der Waals surface area contributed by atoms with Crippen molar-refractivity contribution in [2.24, 2.45) is 0 Å². The molecule has 2 aromatic heterocycles. The summed E-state index contributed by atoms with van der Waals surface area (Å²) in [4.78, 5) is 21.1. The Bertz CT molecular complexity index is 1150. The fourth-order valence-electron chi connectivity index (χ4n) is 3.40. The molecule has 0 spiro atoms. The molecular formula is C26H23N3O. The molecule has 0 unspecified atom stereocenters. The second-order valence-corrected chi connectivity index (χ2v) is 7.34. The zero-order valence-corrected chi connectivity index (χ0v) is 17.0. The van der Waals surface area contributed by atoms with Gasteiger partial charge in [0.25, 0.3) is 0 Å². The lowest BCUT2D eigenvalue weighted by molar-refractivity contribution is -0.117. The number of nitrogens with zero attached hydrogens (tertiary/aromatic N) is 2.